The van der Waals surface area contributed by atoms with Crippen molar-refractivity contribution >= 4 is 77.3 Å². The van der Waals surface area contributed by atoms with Crippen LogP contribution in [0.3, 0.4) is 0 Å². The Bertz CT molecular complexity index is 1470. The minimum atomic E-state index is -5.08. The zero-order chi connectivity index (χ0) is 31.6. The minimum absolute atomic E-state index is 0.00243. The van der Waals surface area contributed by atoms with Gasteiger partial charge in [-0.2, -0.15) is 0 Å². The van der Waals surface area contributed by atoms with Gasteiger partial charge in [0.1, 0.15) is 0 Å². The van der Waals surface area contributed by atoms with Crippen LogP contribution in [-0.2, 0) is 17.3 Å². The summed E-state index contributed by atoms with van der Waals surface area (Å²) in [6.45, 7) is 16.8. The average molecular weight is 716 g/mol. The number of alkyl halides is 2. The molecule has 5 rings (SSSR count). The molecule has 2 N–H and O–H groups in total. The van der Waals surface area contributed by atoms with Crippen LogP contribution >= 0.6 is 77.3 Å². The summed E-state index contributed by atoms with van der Waals surface area (Å²) in [4.78, 5) is 0. The molecule has 5 nitrogen and oxygen atoms in total. The van der Waals surface area contributed by atoms with Crippen molar-refractivity contribution in [1.29, 1.82) is 0 Å². The molecular formula is C30H34Cl6NO4P. The first-order valence-electron chi connectivity index (χ1n) is 13.1. The molecule has 2 heterocycles. The number of fused-ring (bicyclic) bond motifs is 3. The summed E-state index contributed by atoms with van der Waals surface area (Å²) >= 11 is 35.4. The molecule has 2 aliphatic heterocycles. The van der Waals surface area contributed by atoms with E-state index in [9.17, 15) is 0 Å². The summed E-state index contributed by atoms with van der Waals surface area (Å²) in [5.41, 5.74) is 12.5. The fourth-order valence-corrected chi connectivity index (χ4v) is 8.34. The van der Waals surface area contributed by atoms with Gasteiger partial charge in [0, 0.05) is 0 Å². The van der Waals surface area contributed by atoms with Crippen LogP contribution in [0.1, 0.15) is 74.9 Å². The van der Waals surface area contributed by atoms with Crippen LogP contribution < -0.4 is 23.6 Å². The first-order valence-corrected chi connectivity index (χ1v) is 17.7. The Hall–Kier alpha value is -1.01. The summed E-state index contributed by atoms with van der Waals surface area (Å²) in [7, 11) is -5.08. The molecule has 1 spiro atoms. The Morgan fingerprint density at radius 3 is 1.24 bits per heavy atom. The smallest absolute Gasteiger partial charge is 0.0967 e. The number of hydrogen-bond donors (Lipinski definition) is 1. The molecule has 0 bridgehead atoms. The van der Waals surface area contributed by atoms with Crippen molar-refractivity contribution in [2.75, 3.05) is 5.34 Å². The zero-order valence-corrected chi connectivity index (χ0v) is 30.1. The second-order valence-electron chi connectivity index (χ2n) is 12.5. The third kappa shape index (κ3) is 6.24. The van der Waals surface area contributed by atoms with E-state index in [4.69, 9.17) is 93.2 Å². The normalized spacial score (nSPS) is 17.3. The van der Waals surface area contributed by atoms with Crippen LogP contribution in [0, 0.1) is 13.8 Å². The number of benzene rings is 3. The molecule has 2 aliphatic rings. The van der Waals surface area contributed by atoms with E-state index < -0.39 is 7.66 Å². The van der Waals surface area contributed by atoms with E-state index >= 15 is 0 Å². The molecule has 3 aromatic carbocycles. The minimum Gasteiger partial charge on any atom is -0.109 e. The molecule has 0 saturated carbocycles. The van der Waals surface area contributed by atoms with E-state index in [2.05, 4.69) is 79.7 Å². The van der Waals surface area contributed by atoms with Gasteiger partial charge in [0.2, 0.25) is 0 Å². The first kappa shape index (κ1) is 33.9. The van der Waals surface area contributed by atoms with Gasteiger partial charge < -0.3 is 0 Å². The van der Waals surface area contributed by atoms with Gasteiger partial charge in [0.05, 0.1) is 5.34 Å². The van der Waals surface area contributed by atoms with Gasteiger partial charge >= 0.3 is 251 Å². The third-order valence-electron chi connectivity index (χ3n) is 6.82. The van der Waals surface area contributed by atoms with Crippen molar-refractivity contribution in [2.45, 2.75) is 72.6 Å². The molecule has 3 aromatic rings. The monoisotopic (exact) mass is 713 g/mol. The molecule has 0 aliphatic carbocycles. The quantitative estimate of drug-likeness (QED) is 0.109. The van der Waals surface area contributed by atoms with Crippen LogP contribution in [0.25, 0.3) is 0 Å². The first-order chi connectivity index (χ1) is 19.2. The zero-order valence-electron chi connectivity index (χ0n) is 24.6. The number of halogens is 6. The molecule has 0 radical (unpaired) electrons. The molecule has 230 valence electrons. The van der Waals surface area contributed by atoms with Crippen molar-refractivity contribution in [3.8, 4) is 23.0 Å². The van der Waals surface area contributed by atoms with Gasteiger partial charge in [-0.1, -0.05) is 0 Å². The van der Waals surface area contributed by atoms with Gasteiger partial charge in [0.25, 0.3) is 0 Å². The van der Waals surface area contributed by atoms with Gasteiger partial charge in [-0.15, -0.1) is 23.2 Å². The second kappa shape index (κ2) is 11.4. The van der Waals surface area contributed by atoms with E-state index in [-0.39, 0.29) is 47.8 Å². The molecule has 0 atom stereocenters. The van der Waals surface area contributed by atoms with Crippen LogP contribution in [0.4, 0.5) is 0 Å². The molecule has 12 heteroatoms. The van der Waals surface area contributed by atoms with E-state index in [1.807, 2.05) is 0 Å². The van der Waals surface area contributed by atoms with E-state index in [0.717, 1.165) is 33.4 Å². The summed E-state index contributed by atoms with van der Waals surface area (Å²) in [5.74, 6) is 1.12. The van der Waals surface area contributed by atoms with E-state index in [1.54, 1.807) is 0 Å². The predicted molar refractivity (Wildman–Crippen MR) is 179 cm³/mol. The number of nitrogens with two attached hydrogens (primary N) is 1. The maximum Gasteiger partial charge on any atom is 0.0967 e. The molecule has 0 aromatic heterocycles. The molecule has 0 saturated heterocycles. The topological polar surface area (TPSA) is 62.9 Å². The summed E-state index contributed by atoms with van der Waals surface area (Å²) in [5, 5.41) is 0.232. The van der Waals surface area contributed by atoms with E-state index in [0.29, 0.717) is 17.9 Å². The number of rotatable bonds is 0. The van der Waals surface area contributed by atoms with Crippen LogP contribution in [-0.4, -0.2) is 5.34 Å². The van der Waals surface area contributed by atoms with Gasteiger partial charge in [-0.25, -0.2) is 0 Å². The second-order valence-corrected chi connectivity index (χ2v) is 17.3. The summed E-state index contributed by atoms with van der Waals surface area (Å²) < 4.78 is 26.3. The standard InChI is InChI=1S/C29H32Cl4NO4P.CH2Cl2/c1-14-9-16-13-17-10-15(2)12-19(29(6,7)8)25(17)36-39(34,35-24(16)18(11-14)28(3,4)5)37-26-22(32)20(30)21(31)23(33)27(26)38-39;2-1-3/h9-12H,13,34H2,1-8H3;1H2. The Morgan fingerprint density at radius 2 is 0.929 bits per heavy atom. The van der Waals surface area contributed by atoms with E-state index in [1.165, 1.54) is 0 Å². The van der Waals surface area contributed by atoms with Gasteiger partial charge in [-0.3, -0.25) is 0 Å². The van der Waals surface area contributed by atoms with Crippen molar-refractivity contribution in [3.63, 3.8) is 0 Å². The van der Waals surface area contributed by atoms with Crippen molar-refractivity contribution in [2.24, 2.45) is 5.50 Å². The average Bonchev–Trinajstić information content (AvgIpc) is 3.17. The molecule has 0 unspecified atom stereocenters. The maximum absolute atomic E-state index is 7.17. The largest absolute Gasteiger partial charge is 0.109 e. The van der Waals surface area contributed by atoms with Crippen LogP contribution in [0.15, 0.2) is 24.3 Å². The molecule has 0 fully saturated rings. The Labute approximate surface area is 278 Å². The van der Waals surface area contributed by atoms with Crippen LogP contribution in [0.5, 0.6) is 23.0 Å². The predicted octanol–water partition coefficient (Wildman–Crippen LogP) is 11.9. The third-order valence-corrected chi connectivity index (χ3v) is 10.6. The Morgan fingerprint density at radius 1 is 0.619 bits per heavy atom. The Kier molecular flexibility index (Phi) is 9.20. The van der Waals surface area contributed by atoms with Crippen molar-refractivity contribution in [3.05, 3.63) is 77.7 Å². The fourth-order valence-electron chi connectivity index (χ4n) is 5.02. The molecule has 42 heavy (non-hydrogen) atoms. The summed E-state index contributed by atoms with van der Waals surface area (Å²) in [6, 6.07) is 8.35. The SMILES string of the molecule is Cc1cc2c(c(C(C)(C)C)c1)OP1(N)(Oc3c(cc(C)cc3C(C)(C)C)C2)Oc2c(Cl)c(Cl)c(Cl)c(Cl)c2O1.ClCCl. The fraction of sp³-hybridized carbons (Fsp3) is 0.400. The Balaban J connectivity index is 0.00000129. The number of aryl methyl sites for hydroxylation is 2. The van der Waals surface area contributed by atoms with Crippen LogP contribution in [0.2, 0.25) is 20.1 Å². The molecule has 0 amide bonds. The van der Waals surface area contributed by atoms with Crippen molar-refractivity contribution in [1.82, 2.24) is 0 Å². The molecular weight excluding hydrogens is 682 g/mol. The van der Waals surface area contributed by atoms with Gasteiger partial charge in [-0.05, 0) is 0 Å². The maximum atomic E-state index is 7.17. The number of hydrogen-bond acceptors (Lipinski definition) is 5. The van der Waals surface area contributed by atoms with Crippen molar-refractivity contribution < 1.29 is 18.1 Å². The summed E-state index contributed by atoms with van der Waals surface area (Å²) in [6.07, 6.45) is 0.554. The van der Waals surface area contributed by atoms with Gasteiger partial charge in [0.15, 0.2) is 0 Å².